The number of nitrogens with zero attached hydrogens (tertiary/aromatic N) is 4. The highest BCUT2D eigenvalue weighted by molar-refractivity contribution is 5.62. The Kier molecular flexibility index (Phi) is 4.24. The molecule has 0 unspecified atom stereocenters. The summed E-state index contributed by atoms with van der Waals surface area (Å²) in [4.78, 5) is 19.1. The van der Waals surface area contributed by atoms with E-state index >= 15 is 0 Å². The van der Waals surface area contributed by atoms with Crippen LogP contribution in [0.3, 0.4) is 0 Å². The number of hydrogen-bond acceptors (Lipinski definition) is 6. The van der Waals surface area contributed by atoms with Gasteiger partial charge in [0.15, 0.2) is 0 Å². The van der Waals surface area contributed by atoms with Gasteiger partial charge in [0.25, 0.3) is 5.69 Å². The molecule has 3 rings (SSSR count). The van der Waals surface area contributed by atoms with Crippen molar-refractivity contribution < 1.29 is 10.0 Å². The minimum absolute atomic E-state index is 0.0535. The number of aryl methyl sites for hydroxylation is 2. The van der Waals surface area contributed by atoms with Crippen LogP contribution >= 0.6 is 0 Å². The van der Waals surface area contributed by atoms with E-state index in [2.05, 4.69) is 28.9 Å². The van der Waals surface area contributed by atoms with E-state index in [9.17, 15) is 15.2 Å². The smallest absolute Gasteiger partial charge is 0.273 e. The number of phenolic OH excluding ortho intramolecular Hbond substituents is 1. The number of benzene rings is 1. The van der Waals surface area contributed by atoms with Crippen LogP contribution in [-0.4, -0.2) is 41.2 Å². The Morgan fingerprint density at radius 2 is 1.75 bits per heavy atom. The molecule has 0 atom stereocenters. The van der Waals surface area contributed by atoms with Crippen LogP contribution in [-0.2, 0) is 0 Å². The normalized spacial score (nSPS) is 14.8. The van der Waals surface area contributed by atoms with Gasteiger partial charge in [0, 0.05) is 37.9 Å². The molecule has 0 saturated carbocycles. The van der Waals surface area contributed by atoms with E-state index in [1.165, 1.54) is 17.7 Å². The van der Waals surface area contributed by atoms with Crippen molar-refractivity contribution in [3.05, 3.63) is 51.7 Å². The van der Waals surface area contributed by atoms with Gasteiger partial charge >= 0.3 is 0 Å². The van der Waals surface area contributed by atoms with Crippen molar-refractivity contribution in [3.8, 4) is 5.75 Å². The van der Waals surface area contributed by atoms with Crippen molar-refractivity contribution in [2.45, 2.75) is 13.8 Å². The topological polar surface area (TPSA) is 82.7 Å². The molecule has 1 saturated heterocycles. The number of aromatic nitrogens is 1. The first-order chi connectivity index (χ1) is 11.4. The van der Waals surface area contributed by atoms with E-state index in [0.717, 1.165) is 37.7 Å². The van der Waals surface area contributed by atoms with Crippen LogP contribution in [0.25, 0.3) is 0 Å². The lowest BCUT2D eigenvalue weighted by atomic mass is 10.2. The van der Waals surface area contributed by atoms with Gasteiger partial charge in [-0.1, -0.05) is 0 Å². The Labute approximate surface area is 140 Å². The quantitative estimate of drug-likeness (QED) is 0.689. The van der Waals surface area contributed by atoms with Gasteiger partial charge in [-0.15, -0.1) is 0 Å². The Balaban J connectivity index is 1.72. The average molecular weight is 328 g/mol. The number of nitro groups is 1. The summed E-state index contributed by atoms with van der Waals surface area (Å²) < 4.78 is 0. The first-order valence-corrected chi connectivity index (χ1v) is 7.86. The Hall–Kier alpha value is -2.83. The van der Waals surface area contributed by atoms with Gasteiger partial charge < -0.3 is 14.9 Å². The maximum absolute atomic E-state index is 10.8. The van der Waals surface area contributed by atoms with Gasteiger partial charge in [0.1, 0.15) is 11.6 Å². The molecule has 126 valence electrons. The molecule has 1 aliphatic heterocycles. The third-order valence-electron chi connectivity index (χ3n) is 4.20. The molecule has 7 heteroatoms. The number of hydrogen-bond donors (Lipinski definition) is 1. The highest BCUT2D eigenvalue weighted by atomic mass is 16.6. The molecule has 1 aromatic carbocycles. The number of rotatable bonds is 3. The summed E-state index contributed by atoms with van der Waals surface area (Å²) in [5.74, 6) is 0.919. The summed E-state index contributed by atoms with van der Waals surface area (Å²) in [7, 11) is 0. The predicted octanol–water partition coefficient (Wildman–Crippen LogP) is 2.64. The molecule has 2 aromatic rings. The average Bonchev–Trinajstić information content (AvgIpc) is 2.54. The molecule has 0 amide bonds. The number of anilines is 2. The van der Waals surface area contributed by atoms with Crippen LogP contribution in [0, 0.1) is 24.0 Å². The van der Waals surface area contributed by atoms with Crippen LogP contribution in [0.1, 0.15) is 11.3 Å². The van der Waals surface area contributed by atoms with Crippen LogP contribution in [0.4, 0.5) is 17.2 Å². The molecular weight excluding hydrogens is 308 g/mol. The minimum atomic E-state index is -0.507. The second-order valence-corrected chi connectivity index (χ2v) is 6.05. The molecule has 0 aliphatic carbocycles. The van der Waals surface area contributed by atoms with Crippen molar-refractivity contribution in [2.75, 3.05) is 36.0 Å². The fourth-order valence-electron chi connectivity index (χ4n) is 3.05. The summed E-state index contributed by atoms with van der Waals surface area (Å²) in [6.07, 6.45) is 0. The number of pyridine rings is 1. The van der Waals surface area contributed by atoms with Crippen LogP contribution in [0.5, 0.6) is 5.75 Å². The summed E-state index contributed by atoms with van der Waals surface area (Å²) in [6, 6.07) is 8.36. The van der Waals surface area contributed by atoms with Crippen molar-refractivity contribution in [1.29, 1.82) is 0 Å². The van der Waals surface area contributed by atoms with Gasteiger partial charge in [-0.2, -0.15) is 0 Å². The van der Waals surface area contributed by atoms with E-state index in [0.29, 0.717) is 5.69 Å². The molecule has 1 aliphatic rings. The standard InChI is InChI=1S/C17H20N4O3/c1-12-9-13(2)18-17(10-12)20-7-5-19(6-8-20)15-4-3-14(21(23)24)11-16(15)22/h3-4,9-11,22H,5-8H2,1-2H3. The maximum atomic E-state index is 10.8. The first-order valence-electron chi connectivity index (χ1n) is 7.86. The minimum Gasteiger partial charge on any atom is -0.506 e. The SMILES string of the molecule is Cc1cc(C)nc(N2CCN(c3ccc([N+](=O)[O-])cc3O)CC2)c1. The summed E-state index contributed by atoms with van der Waals surface area (Å²) >= 11 is 0. The van der Waals surface area contributed by atoms with Crippen molar-refractivity contribution >= 4 is 17.2 Å². The van der Waals surface area contributed by atoms with E-state index in [4.69, 9.17) is 0 Å². The molecule has 7 nitrogen and oxygen atoms in total. The van der Waals surface area contributed by atoms with E-state index in [-0.39, 0.29) is 11.4 Å². The van der Waals surface area contributed by atoms with E-state index < -0.39 is 4.92 Å². The maximum Gasteiger partial charge on any atom is 0.273 e. The molecular formula is C17H20N4O3. The number of nitro benzene ring substituents is 1. The Morgan fingerprint density at radius 3 is 2.33 bits per heavy atom. The molecule has 0 spiro atoms. The number of phenols is 1. The molecule has 0 radical (unpaired) electrons. The number of non-ortho nitro benzene ring substituents is 1. The Bertz CT molecular complexity index is 750. The monoisotopic (exact) mass is 328 g/mol. The van der Waals surface area contributed by atoms with Crippen LogP contribution < -0.4 is 9.80 Å². The summed E-state index contributed by atoms with van der Waals surface area (Å²) in [5, 5.41) is 20.8. The zero-order chi connectivity index (χ0) is 17.3. The lowest BCUT2D eigenvalue weighted by Crippen LogP contribution is -2.46. The predicted molar refractivity (Wildman–Crippen MR) is 92.9 cm³/mol. The highest BCUT2D eigenvalue weighted by Crippen LogP contribution is 2.32. The summed E-state index contributed by atoms with van der Waals surface area (Å²) in [6.45, 7) is 7.06. The lowest BCUT2D eigenvalue weighted by Gasteiger charge is -2.37. The largest absolute Gasteiger partial charge is 0.506 e. The molecule has 0 bridgehead atoms. The number of aromatic hydroxyl groups is 1. The molecule has 2 heterocycles. The van der Waals surface area contributed by atoms with Gasteiger partial charge in [0.2, 0.25) is 0 Å². The van der Waals surface area contributed by atoms with Crippen LogP contribution in [0.2, 0.25) is 0 Å². The third-order valence-corrected chi connectivity index (χ3v) is 4.20. The second kappa shape index (κ2) is 6.35. The van der Waals surface area contributed by atoms with Gasteiger partial charge in [0.05, 0.1) is 16.7 Å². The van der Waals surface area contributed by atoms with E-state index in [1.54, 1.807) is 6.07 Å². The van der Waals surface area contributed by atoms with Crippen LogP contribution in [0.15, 0.2) is 30.3 Å². The fourth-order valence-corrected chi connectivity index (χ4v) is 3.05. The lowest BCUT2D eigenvalue weighted by molar-refractivity contribution is -0.384. The molecule has 1 N–H and O–H groups in total. The molecule has 1 aromatic heterocycles. The van der Waals surface area contributed by atoms with Crippen molar-refractivity contribution in [2.24, 2.45) is 0 Å². The molecule has 1 fully saturated rings. The third kappa shape index (κ3) is 3.24. The fraction of sp³-hybridized carbons (Fsp3) is 0.353. The van der Waals surface area contributed by atoms with Gasteiger partial charge in [-0.3, -0.25) is 10.1 Å². The zero-order valence-corrected chi connectivity index (χ0v) is 13.8. The van der Waals surface area contributed by atoms with Crippen molar-refractivity contribution in [1.82, 2.24) is 4.98 Å². The van der Waals surface area contributed by atoms with E-state index in [1.807, 2.05) is 11.8 Å². The second-order valence-electron chi connectivity index (χ2n) is 6.05. The zero-order valence-electron chi connectivity index (χ0n) is 13.8. The summed E-state index contributed by atoms with van der Waals surface area (Å²) in [5.41, 5.74) is 2.72. The van der Waals surface area contributed by atoms with Gasteiger partial charge in [-0.25, -0.2) is 4.98 Å². The molecule has 24 heavy (non-hydrogen) atoms. The van der Waals surface area contributed by atoms with Crippen molar-refractivity contribution in [3.63, 3.8) is 0 Å². The first kappa shape index (κ1) is 16.0. The Morgan fingerprint density at radius 1 is 1.08 bits per heavy atom. The highest BCUT2D eigenvalue weighted by Gasteiger charge is 2.21. The number of piperazine rings is 1. The van der Waals surface area contributed by atoms with Gasteiger partial charge in [-0.05, 0) is 37.6 Å².